The lowest BCUT2D eigenvalue weighted by Gasteiger charge is -2.23. The van der Waals surface area contributed by atoms with Crippen LogP contribution < -0.4 is 10.1 Å². The lowest BCUT2D eigenvalue weighted by Crippen LogP contribution is -2.55. The number of hydrogen-bond acceptors (Lipinski definition) is 4. The van der Waals surface area contributed by atoms with Gasteiger partial charge in [0.05, 0.1) is 20.1 Å². The van der Waals surface area contributed by atoms with Crippen molar-refractivity contribution in [1.29, 1.82) is 0 Å². The van der Waals surface area contributed by atoms with Crippen molar-refractivity contribution in [3.8, 4) is 5.75 Å². The molecule has 1 aromatic rings. The fourth-order valence-corrected chi connectivity index (χ4v) is 2.26. The van der Waals surface area contributed by atoms with Crippen LogP contribution in [0.1, 0.15) is 12.0 Å². The Morgan fingerprint density at radius 1 is 1.52 bits per heavy atom. The Kier molecular flexibility index (Phi) is 4.42. The van der Waals surface area contributed by atoms with Crippen LogP contribution in [0.4, 0.5) is 4.39 Å². The third kappa shape index (κ3) is 3.30. The van der Waals surface area contributed by atoms with Crippen LogP contribution in [-0.4, -0.2) is 42.8 Å². The zero-order chi connectivity index (χ0) is 15.5. The largest absolute Gasteiger partial charge is 0.496 e. The van der Waals surface area contributed by atoms with Crippen LogP contribution in [0.15, 0.2) is 18.2 Å². The van der Waals surface area contributed by atoms with E-state index in [1.807, 2.05) is 0 Å². The van der Waals surface area contributed by atoms with Crippen molar-refractivity contribution < 1.29 is 28.6 Å². The molecule has 0 saturated carbocycles. The first-order chi connectivity index (χ1) is 9.97. The van der Waals surface area contributed by atoms with Gasteiger partial charge in [-0.05, 0) is 18.2 Å². The van der Waals surface area contributed by atoms with Crippen molar-refractivity contribution in [2.45, 2.75) is 18.4 Å². The van der Waals surface area contributed by atoms with Gasteiger partial charge in [-0.15, -0.1) is 0 Å². The highest BCUT2D eigenvalue weighted by Crippen LogP contribution is 2.22. The van der Waals surface area contributed by atoms with Crippen LogP contribution in [0.25, 0.3) is 0 Å². The summed E-state index contributed by atoms with van der Waals surface area (Å²) in [6, 6.07) is 3.84. The van der Waals surface area contributed by atoms with Crippen molar-refractivity contribution in [1.82, 2.24) is 5.32 Å². The number of benzene rings is 1. The van der Waals surface area contributed by atoms with E-state index < -0.39 is 23.2 Å². The van der Waals surface area contributed by atoms with Gasteiger partial charge in [0.25, 0.3) is 0 Å². The Morgan fingerprint density at radius 3 is 2.86 bits per heavy atom. The fraction of sp³-hybridized carbons (Fsp3) is 0.429. The number of methoxy groups -OCH3 is 1. The lowest BCUT2D eigenvalue weighted by atomic mass is 9.98. The fourth-order valence-electron chi connectivity index (χ4n) is 2.26. The van der Waals surface area contributed by atoms with Gasteiger partial charge in [-0.3, -0.25) is 4.79 Å². The number of aliphatic carboxylic acids is 1. The predicted molar refractivity (Wildman–Crippen MR) is 70.6 cm³/mol. The quantitative estimate of drug-likeness (QED) is 0.837. The number of halogens is 1. The molecule has 2 rings (SSSR count). The van der Waals surface area contributed by atoms with Crippen molar-refractivity contribution >= 4 is 11.9 Å². The number of carbonyl (C=O) groups excluding carboxylic acids is 1. The second kappa shape index (κ2) is 6.09. The molecule has 0 radical (unpaired) electrons. The molecule has 114 valence electrons. The molecule has 0 aromatic heterocycles. The molecule has 2 N–H and O–H groups in total. The SMILES string of the molecule is COc1ccc(F)cc1CC(=O)NC1(C(=O)O)CCOC1. The van der Waals surface area contributed by atoms with Crippen molar-refractivity contribution in [2.75, 3.05) is 20.3 Å². The van der Waals surface area contributed by atoms with Gasteiger partial charge < -0.3 is 19.9 Å². The number of ether oxygens (including phenoxy) is 2. The Bertz CT molecular complexity index is 554. The first-order valence-electron chi connectivity index (χ1n) is 6.41. The van der Waals surface area contributed by atoms with E-state index in [0.717, 1.165) is 0 Å². The number of amides is 1. The summed E-state index contributed by atoms with van der Waals surface area (Å²) in [5, 5.41) is 11.7. The Morgan fingerprint density at radius 2 is 2.29 bits per heavy atom. The van der Waals surface area contributed by atoms with Gasteiger partial charge in [-0.2, -0.15) is 0 Å². The van der Waals surface area contributed by atoms with Gasteiger partial charge in [-0.1, -0.05) is 0 Å². The second-order valence-corrected chi connectivity index (χ2v) is 4.87. The van der Waals surface area contributed by atoms with Crippen molar-refractivity contribution in [3.05, 3.63) is 29.6 Å². The van der Waals surface area contributed by atoms with E-state index in [9.17, 15) is 19.1 Å². The zero-order valence-electron chi connectivity index (χ0n) is 11.5. The monoisotopic (exact) mass is 297 g/mol. The van der Waals surface area contributed by atoms with E-state index in [4.69, 9.17) is 9.47 Å². The molecule has 1 heterocycles. The average molecular weight is 297 g/mol. The molecule has 0 aliphatic carbocycles. The summed E-state index contributed by atoms with van der Waals surface area (Å²) in [5.74, 6) is -1.78. The van der Waals surface area contributed by atoms with Gasteiger partial charge in [0, 0.05) is 18.6 Å². The molecular formula is C14H16FNO5. The highest BCUT2D eigenvalue weighted by atomic mass is 19.1. The summed E-state index contributed by atoms with van der Waals surface area (Å²) in [6.07, 6.45) is 0.0321. The van der Waals surface area contributed by atoms with Crippen LogP contribution in [0.3, 0.4) is 0 Å². The smallest absolute Gasteiger partial charge is 0.331 e. The second-order valence-electron chi connectivity index (χ2n) is 4.87. The molecule has 1 saturated heterocycles. The maximum atomic E-state index is 13.2. The number of carboxylic acid groups (broad SMARTS) is 1. The highest BCUT2D eigenvalue weighted by molar-refractivity contribution is 5.88. The molecule has 21 heavy (non-hydrogen) atoms. The van der Waals surface area contributed by atoms with Crippen LogP contribution in [0, 0.1) is 5.82 Å². The molecule has 1 atom stereocenters. The van der Waals surface area contributed by atoms with Crippen LogP contribution >= 0.6 is 0 Å². The predicted octanol–water partition coefficient (Wildman–Crippen LogP) is 0.737. The van der Waals surface area contributed by atoms with Crippen molar-refractivity contribution in [2.24, 2.45) is 0 Å². The summed E-state index contributed by atoms with van der Waals surface area (Å²) in [6.45, 7) is 0.199. The number of hydrogen-bond donors (Lipinski definition) is 2. The lowest BCUT2D eigenvalue weighted by molar-refractivity contribution is -0.147. The topological polar surface area (TPSA) is 84.9 Å². The van der Waals surface area contributed by atoms with E-state index in [1.54, 1.807) is 0 Å². The van der Waals surface area contributed by atoms with Gasteiger partial charge >= 0.3 is 5.97 Å². The summed E-state index contributed by atoms with van der Waals surface area (Å²) in [7, 11) is 1.41. The van der Waals surface area contributed by atoms with E-state index in [0.29, 0.717) is 11.3 Å². The molecule has 1 aliphatic heterocycles. The maximum Gasteiger partial charge on any atom is 0.331 e. The minimum atomic E-state index is -1.41. The van der Waals surface area contributed by atoms with Gasteiger partial charge in [-0.25, -0.2) is 9.18 Å². The van der Waals surface area contributed by atoms with E-state index in [2.05, 4.69) is 5.32 Å². The molecule has 0 bridgehead atoms. The van der Waals surface area contributed by atoms with Crippen molar-refractivity contribution in [3.63, 3.8) is 0 Å². The third-order valence-electron chi connectivity index (χ3n) is 3.40. The summed E-state index contributed by atoms with van der Waals surface area (Å²) < 4.78 is 23.4. The van der Waals surface area contributed by atoms with Crippen LogP contribution in [0.5, 0.6) is 5.75 Å². The van der Waals surface area contributed by atoms with Crippen LogP contribution in [-0.2, 0) is 20.7 Å². The molecule has 1 fully saturated rings. The average Bonchev–Trinajstić information content (AvgIpc) is 2.88. The molecule has 1 unspecified atom stereocenters. The number of carbonyl (C=O) groups is 2. The maximum absolute atomic E-state index is 13.2. The van der Waals surface area contributed by atoms with Gasteiger partial charge in [0.2, 0.25) is 5.91 Å². The molecule has 6 nitrogen and oxygen atoms in total. The summed E-state index contributed by atoms with van der Waals surface area (Å²) >= 11 is 0. The Hall–Kier alpha value is -2.15. The minimum Gasteiger partial charge on any atom is -0.496 e. The molecule has 1 aliphatic rings. The Labute approximate surface area is 120 Å². The van der Waals surface area contributed by atoms with E-state index >= 15 is 0 Å². The standard InChI is InChI=1S/C14H16FNO5/c1-20-11-3-2-10(15)6-9(11)7-12(17)16-14(13(18)19)4-5-21-8-14/h2-3,6H,4-5,7-8H2,1H3,(H,16,17)(H,18,19). The Balaban J connectivity index is 2.11. The first kappa shape index (κ1) is 15.2. The highest BCUT2D eigenvalue weighted by Gasteiger charge is 2.43. The van der Waals surface area contributed by atoms with Gasteiger partial charge in [0.1, 0.15) is 11.6 Å². The van der Waals surface area contributed by atoms with Crippen LogP contribution in [0.2, 0.25) is 0 Å². The van der Waals surface area contributed by atoms with Gasteiger partial charge in [0.15, 0.2) is 5.54 Å². The number of rotatable bonds is 5. The number of nitrogens with one attached hydrogen (secondary N) is 1. The normalized spacial score (nSPS) is 21.0. The third-order valence-corrected chi connectivity index (χ3v) is 3.40. The summed E-state index contributed by atoms with van der Waals surface area (Å²) in [5.41, 5.74) is -1.05. The molecule has 7 heteroatoms. The molecule has 1 amide bonds. The summed E-state index contributed by atoms with van der Waals surface area (Å²) in [4.78, 5) is 23.4. The zero-order valence-corrected chi connectivity index (χ0v) is 11.5. The van der Waals surface area contributed by atoms with E-state index in [1.165, 1.54) is 25.3 Å². The molecular weight excluding hydrogens is 281 g/mol. The molecule has 1 aromatic carbocycles. The minimum absolute atomic E-state index is 0.0750. The number of carboxylic acids is 1. The first-order valence-corrected chi connectivity index (χ1v) is 6.41. The molecule has 0 spiro atoms. The van der Waals surface area contributed by atoms with E-state index in [-0.39, 0.29) is 26.1 Å².